The summed E-state index contributed by atoms with van der Waals surface area (Å²) in [6.07, 6.45) is 0. The molecule has 0 spiro atoms. The number of benzene rings is 7. The SMILES string of the molecule is N#Cc1ccc(-c2cccc(-n3c4ccccc4c4cc(C#N)ccc43)c2)c([Si](c2ccccc2)(c2ccccc2)c2ccccc2)c1. The van der Waals surface area contributed by atoms with Crippen molar-refractivity contribution in [2.24, 2.45) is 0 Å². The molecule has 4 heteroatoms. The fourth-order valence-electron chi connectivity index (χ4n) is 7.34. The molecule has 0 fully saturated rings. The monoisotopic (exact) mass is 627 g/mol. The Morgan fingerprint density at radius 3 is 1.60 bits per heavy atom. The number of hydrogen-bond acceptors (Lipinski definition) is 2. The molecule has 0 amide bonds. The van der Waals surface area contributed by atoms with Gasteiger partial charge < -0.3 is 4.57 Å². The van der Waals surface area contributed by atoms with Crippen LogP contribution in [0.25, 0.3) is 38.6 Å². The van der Waals surface area contributed by atoms with E-state index >= 15 is 0 Å². The minimum Gasteiger partial charge on any atom is -0.309 e. The van der Waals surface area contributed by atoms with Crippen LogP contribution in [-0.4, -0.2) is 12.6 Å². The largest absolute Gasteiger partial charge is 0.309 e. The average molecular weight is 628 g/mol. The van der Waals surface area contributed by atoms with E-state index in [1.165, 1.54) is 20.7 Å². The summed E-state index contributed by atoms with van der Waals surface area (Å²) in [5, 5.41) is 27.0. The summed E-state index contributed by atoms with van der Waals surface area (Å²) in [6.45, 7) is 0. The Balaban J connectivity index is 1.44. The number of aromatic nitrogens is 1. The maximum Gasteiger partial charge on any atom is 0.180 e. The predicted molar refractivity (Wildman–Crippen MR) is 199 cm³/mol. The average Bonchev–Trinajstić information content (AvgIpc) is 3.50. The molecule has 0 unspecified atom stereocenters. The van der Waals surface area contributed by atoms with Gasteiger partial charge in [-0.05, 0) is 80.4 Å². The number of nitrogens with zero attached hydrogens (tertiary/aromatic N) is 3. The molecule has 48 heavy (non-hydrogen) atoms. The second kappa shape index (κ2) is 12.0. The second-order valence-electron chi connectivity index (χ2n) is 12.0. The van der Waals surface area contributed by atoms with Crippen LogP contribution in [0.4, 0.5) is 0 Å². The molecule has 0 aliphatic carbocycles. The first-order valence-electron chi connectivity index (χ1n) is 16.0. The van der Waals surface area contributed by atoms with E-state index in [0.717, 1.165) is 38.6 Å². The van der Waals surface area contributed by atoms with E-state index in [2.05, 4.69) is 162 Å². The molecule has 3 nitrogen and oxygen atoms in total. The summed E-state index contributed by atoms with van der Waals surface area (Å²) in [4.78, 5) is 0. The number of para-hydroxylation sites is 1. The number of fused-ring (bicyclic) bond motifs is 3. The van der Waals surface area contributed by atoms with Gasteiger partial charge in [-0.3, -0.25) is 0 Å². The first-order valence-corrected chi connectivity index (χ1v) is 18.0. The third-order valence-electron chi connectivity index (χ3n) is 9.39. The van der Waals surface area contributed by atoms with Crippen LogP contribution >= 0.6 is 0 Å². The first-order chi connectivity index (χ1) is 23.7. The van der Waals surface area contributed by atoms with Crippen molar-refractivity contribution in [3.8, 4) is 29.0 Å². The lowest BCUT2D eigenvalue weighted by Crippen LogP contribution is -2.75. The molecule has 0 radical (unpaired) electrons. The lowest BCUT2D eigenvalue weighted by atomic mass is 10.0. The minimum absolute atomic E-state index is 0.639. The molecule has 1 aromatic heterocycles. The van der Waals surface area contributed by atoms with Crippen LogP contribution in [-0.2, 0) is 0 Å². The highest BCUT2D eigenvalue weighted by atomic mass is 28.3. The Bertz CT molecular complexity index is 2430. The first kappa shape index (κ1) is 29.0. The lowest BCUT2D eigenvalue weighted by molar-refractivity contribution is 1.18. The van der Waals surface area contributed by atoms with Crippen molar-refractivity contribution in [1.82, 2.24) is 4.57 Å². The molecular formula is C44H29N3Si. The van der Waals surface area contributed by atoms with Gasteiger partial charge in [0.25, 0.3) is 0 Å². The molecule has 0 bridgehead atoms. The van der Waals surface area contributed by atoms with Gasteiger partial charge in [0.1, 0.15) is 0 Å². The molecule has 8 rings (SSSR count). The summed E-state index contributed by atoms with van der Waals surface area (Å²) in [5.74, 6) is 0. The van der Waals surface area contributed by atoms with Gasteiger partial charge in [-0.25, -0.2) is 0 Å². The van der Waals surface area contributed by atoms with E-state index in [9.17, 15) is 10.5 Å². The van der Waals surface area contributed by atoms with Crippen LogP contribution in [0.5, 0.6) is 0 Å². The molecule has 0 aliphatic rings. The van der Waals surface area contributed by atoms with Crippen molar-refractivity contribution in [2.75, 3.05) is 0 Å². The molecule has 0 saturated carbocycles. The van der Waals surface area contributed by atoms with E-state index in [1.54, 1.807) is 0 Å². The zero-order chi connectivity index (χ0) is 32.5. The maximum atomic E-state index is 10.3. The van der Waals surface area contributed by atoms with Gasteiger partial charge >= 0.3 is 0 Å². The Hall–Kier alpha value is -6.46. The summed E-state index contributed by atoms with van der Waals surface area (Å²) in [7, 11) is -2.95. The van der Waals surface area contributed by atoms with Crippen LogP contribution in [0, 0.1) is 22.7 Å². The molecule has 0 atom stereocenters. The van der Waals surface area contributed by atoms with Crippen molar-refractivity contribution >= 4 is 50.6 Å². The highest BCUT2D eigenvalue weighted by molar-refractivity contribution is 7.20. The summed E-state index contributed by atoms with van der Waals surface area (Å²) in [5.41, 5.74) is 6.63. The third-order valence-corrected chi connectivity index (χ3v) is 14.2. The maximum absolute atomic E-state index is 10.3. The van der Waals surface area contributed by atoms with E-state index in [4.69, 9.17) is 0 Å². The van der Waals surface area contributed by atoms with Gasteiger partial charge in [0, 0.05) is 16.5 Å². The molecule has 224 valence electrons. The van der Waals surface area contributed by atoms with Crippen LogP contribution in [0.3, 0.4) is 0 Å². The minimum atomic E-state index is -2.95. The Kier molecular flexibility index (Phi) is 7.27. The highest BCUT2D eigenvalue weighted by Gasteiger charge is 2.43. The molecule has 1 heterocycles. The third kappa shape index (κ3) is 4.64. The number of rotatable bonds is 6. The van der Waals surface area contributed by atoms with Gasteiger partial charge in [0.15, 0.2) is 8.07 Å². The predicted octanol–water partition coefficient (Wildman–Crippen LogP) is 7.57. The Morgan fingerprint density at radius 2 is 0.979 bits per heavy atom. The summed E-state index contributed by atoms with van der Waals surface area (Å²) in [6, 6.07) is 66.4. The smallest absolute Gasteiger partial charge is 0.180 e. The molecule has 0 N–H and O–H groups in total. The topological polar surface area (TPSA) is 52.5 Å². The van der Waals surface area contributed by atoms with Crippen LogP contribution in [0.15, 0.2) is 176 Å². The summed E-state index contributed by atoms with van der Waals surface area (Å²) >= 11 is 0. The van der Waals surface area contributed by atoms with Crippen LogP contribution in [0.1, 0.15) is 11.1 Å². The van der Waals surface area contributed by atoms with Crippen LogP contribution in [0.2, 0.25) is 0 Å². The zero-order valence-electron chi connectivity index (χ0n) is 26.1. The van der Waals surface area contributed by atoms with Crippen molar-refractivity contribution in [2.45, 2.75) is 0 Å². The number of nitriles is 2. The van der Waals surface area contributed by atoms with Gasteiger partial charge in [-0.1, -0.05) is 127 Å². The van der Waals surface area contributed by atoms with Gasteiger partial charge in [-0.2, -0.15) is 10.5 Å². The van der Waals surface area contributed by atoms with E-state index in [-0.39, 0.29) is 0 Å². The highest BCUT2D eigenvalue weighted by Crippen LogP contribution is 2.34. The van der Waals surface area contributed by atoms with Crippen molar-refractivity contribution < 1.29 is 0 Å². The van der Waals surface area contributed by atoms with Gasteiger partial charge in [-0.15, -0.1) is 0 Å². The van der Waals surface area contributed by atoms with Crippen molar-refractivity contribution in [3.63, 3.8) is 0 Å². The molecular weight excluding hydrogens is 599 g/mol. The standard InChI is InChI=1S/C44H29N3Si/c45-30-32-24-26-43-41(27-32)40-21-10-11-22-42(40)47(43)35-14-12-13-34(29-35)39-25-23-33(31-46)28-44(39)48(36-15-4-1-5-16-36,37-17-6-2-7-18-37)38-19-8-3-9-20-38/h1-29H. The Labute approximate surface area is 280 Å². The van der Waals surface area contributed by atoms with Crippen molar-refractivity contribution in [1.29, 1.82) is 10.5 Å². The molecule has 7 aromatic carbocycles. The van der Waals surface area contributed by atoms with E-state index < -0.39 is 8.07 Å². The molecule has 0 aliphatic heterocycles. The fraction of sp³-hybridized carbons (Fsp3) is 0. The molecule has 8 aromatic rings. The van der Waals surface area contributed by atoms with Gasteiger partial charge in [0.05, 0.1) is 34.3 Å². The second-order valence-corrected chi connectivity index (χ2v) is 15.7. The quantitative estimate of drug-likeness (QED) is 0.141. The Morgan fingerprint density at radius 1 is 0.438 bits per heavy atom. The summed E-state index contributed by atoms with van der Waals surface area (Å²) < 4.78 is 2.29. The number of hydrogen-bond donors (Lipinski definition) is 0. The fourth-order valence-corrected chi connectivity index (χ4v) is 12.4. The normalized spacial score (nSPS) is 11.3. The van der Waals surface area contributed by atoms with E-state index in [1.807, 2.05) is 30.3 Å². The molecule has 0 saturated heterocycles. The zero-order valence-corrected chi connectivity index (χ0v) is 27.1. The van der Waals surface area contributed by atoms with Gasteiger partial charge in [0.2, 0.25) is 0 Å². The van der Waals surface area contributed by atoms with Crippen molar-refractivity contribution in [3.05, 3.63) is 187 Å². The van der Waals surface area contributed by atoms with Crippen LogP contribution < -0.4 is 20.7 Å². The lowest BCUT2D eigenvalue weighted by Gasteiger charge is -2.36. The van der Waals surface area contributed by atoms with E-state index in [0.29, 0.717) is 11.1 Å².